The minimum atomic E-state index is -0.288. The van der Waals surface area contributed by atoms with Crippen LogP contribution < -0.4 is 0 Å². The third-order valence-electron chi connectivity index (χ3n) is 2.11. The van der Waals surface area contributed by atoms with Crippen molar-refractivity contribution in [1.29, 1.82) is 0 Å². The molecule has 17 heavy (non-hydrogen) atoms. The average Bonchev–Trinajstić information content (AvgIpc) is 2.24. The van der Waals surface area contributed by atoms with Gasteiger partial charge < -0.3 is 9.47 Å². The average molecular weight is 236 g/mol. The van der Waals surface area contributed by atoms with E-state index in [1.165, 1.54) is 6.92 Å². The van der Waals surface area contributed by atoms with Crippen LogP contribution >= 0.6 is 0 Å². The third kappa shape index (κ3) is 5.50. The standard InChI is InChI=1S/C14H20O3/c1-11(15)16-10-13(17-14(2,3)4)12-8-6-5-7-9-12/h5-9,13H,10H2,1-4H3. The Hall–Kier alpha value is -1.35. The zero-order valence-corrected chi connectivity index (χ0v) is 10.9. The predicted octanol–water partition coefficient (Wildman–Crippen LogP) is 3.11. The number of ether oxygens (including phenoxy) is 2. The largest absolute Gasteiger partial charge is 0.463 e. The third-order valence-corrected chi connectivity index (χ3v) is 2.11. The van der Waals surface area contributed by atoms with Crippen molar-refractivity contribution < 1.29 is 14.3 Å². The fourth-order valence-corrected chi connectivity index (χ4v) is 1.49. The van der Waals surface area contributed by atoms with Gasteiger partial charge in [0.2, 0.25) is 0 Å². The first-order valence-corrected chi connectivity index (χ1v) is 5.74. The van der Waals surface area contributed by atoms with E-state index in [-0.39, 0.29) is 24.3 Å². The Bertz CT molecular complexity index is 351. The van der Waals surface area contributed by atoms with E-state index in [0.717, 1.165) is 5.56 Å². The normalized spacial score (nSPS) is 13.2. The smallest absolute Gasteiger partial charge is 0.302 e. The Balaban J connectivity index is 2.75. The van der Waals surface area contributed by atoms with Gasteiger partial charge in [0.05, 0.1) is 5.60 Å². The summed E-state index contributed by atoms with van der Waals surface area (Å²) in [6, 6.07) is 9.79. The van der Waals surface area contributed by atoms with Crippen LogP contribution in [0.15, 0.2) is 30.3 Å². The Kier molecular flexibility index (Phi) is 4.70. The molecule has 0 N–H and O–H groups in total. The van der Waals surface area contributed by atoms with Crippen LogP contribution in [-0.2, 0) is 14.3 Å². The first-order chi connectivity index (χ1) is 7.88. The zero-order valence-electron chi connectivity index (χ0n) is 10.9. The summed E-state index contributed by atoms with van der Waals surface area (Å²) >= 11 is 0. The highest BCUT2D eigenvalue weighted by atomic mass is 16.6. The number of hydrogen-bond donors (Lipinski definition) is 0. The van der Waals surface area contributed by atoms with Crippen LogP contribution in [0.2, 0.25) is 0 Å². The van der Waals surface area contributed by atoms with Crippen molar-refractivity contribution in [3.05, 3.63) is 35.9 Å². The highest BCUT2D eigenvalue weighted by Gasteiger charge is 2.21. The lowest BCUT2D eigenvalue weighted by Crippen LogP contribution is -2.25. The fourth-order valence-electron chi connectivity index (χ4n) is 1.49. The fraction of sp³-hybridized carbons (Fsp3) is 0.500. The minimum absolute atomic E-state index is 0.222. The minimum Gasteiger partial charge on any atom is -0.463 e. The van der Waals surface area contributed by atoms with Crippen molar-refractivity contribution >= 4 is 5.97 Å². The molecule has 0 spiro atoms. The van der Waals surface area contributed by atoms with E-state index >= 15 is 0 Å². The summed E-state index contributed by atoms with van der Waals surface area (Å²) in [7, 11) is 0. The van der Waals surface area contributed by atoms with Gasteiger partial charge in [0.1, 0.15) is 12.7 Å². The number of carbonyl (C=O) groups excluding carboxylic acids is 1. The summed E-state index contributed by atoms with van der Waals surface area (Å²) in [5, 5.41) is 0. The van der Waals surface area contributed by atoms with Crippen LogP contribution in [0, 0.1) is 0 Å². The second kappa shape index (κ2) is 5.82. The second-order valence-electron chi connectivity index (χ2n) is 4.93. The molecule has 0 heterocycles. The molecular formula is C14H20O3. The monoisotopic (exact) mass is 236 g/mol. The van der Waals surface area contributed by atoms with E-state index in [1.807, 2.05) is 51.1 Å². The van der Waals surface area contributed by atoms with Crippen LogP contribution in [0.3, 0.4) is 0 Å². The predicted molar refractivity (Wildman–Crippen MR) is 66.7 cm³/mol. The maximum atomic E-state index is 10.9. The summed E-state index contributed by atoms with van der Waals surface area (Å²) in [6.45, 7) is 7.60. The first kappa shape index (κ1) is 13.7. The van der Waals surface area contributed by atoms with Crippen molar-refractivity contribution in [2.24, 2.45) is 0 Å². The molecule has 1 aromatic carbocycles. The van der Waals surface area contributed by atoms with Gasteiger partial charge in [-0.15, -0.1) is 0 Å². The molecule has 0 radical (unpaired) electrons. The molecule has 3 nitrogen and oxygen atoms in total. The van der Waals surface area contributed by atoms with Gasteiger partial charge in [0, 0.05) is 6.92 Å². The molecule has 1 unspecified atom stereocenters. The van der Waals surface area contributed by atoms with E-state index in [9.17, 15) is 4.79 Å². The van der Waals surface area contributed by atoms with Crippen molar-refractivity contribution in [3.63, 3.8) is 0 Å². The number of carbonyl (C=O) groups is 1. The molecule has 1 aromatic rings. The van der Waals surface area contributed by atoms with Crippen LogP contribution in [0.4, 0.5) is 0 Å². The molecule has 0 aliphatic heterocycles. The summed E-state index contributed by atoms with van der Waals surface area (Å²) in [5.74, 6) is -0.288. The Morgan fingerprint density at radius 3 is 2.29 bits per heavy atom. The highest BCUT2D eigenvalue weighted by Crippen LogP contribution is 2.24. The number of rotatable bonds is 4. The van der Waals surface area contributed by atoms with Gasteiger partial charge in [-0.1, -0.05) is 30.3 Å². The number of esters is 1. The Labute approximate surface area is 103 Å². The van der Waals surface area contributed by atoms with Crippen molar-refractivity contribution in [1.82, 2.24) is 0 Å². The molecule has 0 saturated carbocycles. The van der Waals surface area contributed by atoms with Crippen LogP contribution in [-0.4, -0.2) is 18.2 Å². The molecule has 94 valence electrons. The molecule has 0 aliphatic rings. The SMILES string of the molecule is CC(=O)OCC(OC(C)(C)C)c1ccccc1. The molecule has 0 amide bonds. The van der Waals surface area contributed by atoms with Gasteiger partial charge in [-0.2, -0.15) is 0 Å². The first-order valence-electron chi connectivity index (χ1n) is 5.74. The molecule has 0 saturated heterocycles. The summed E-state index contributed by atoms with van der Waals surface area (Å²) in [5.41, 5.74) is 0.740. The van der Waals surface area contributed by atoms with Gasteiger partial charge in [0.15, 0.2) is 0 Å². The van der Waals surface area contributed by atoms with Gasteiger partial charge in [-0.3, -0.25) is 4.79 Å². The quantitative estimate of drug-likeness (QED) is 0.753. The van der Waals surface area contributed by atoms with E-state index in [0.29, 0.717) is 0 Å². The van der Waals surface area contributed by atoms with E-state index in [2.05, 4.69) is 0 Å². The molecule has 0 aliphatic carbocycles. The maximum Gasteiger partial charge on any atom is 0.302 e. The van der Waals surface area contributed by atoms with Crippen molar-refractivity contribution in [3.8, 4) is 0 Å². The number of hydrogen-bond acceptors (Lipinski definition) is 3. The van der Waals surface area contributed by atoms with Gasteiger partial charge >= 0.3 is 5.97 Å². The molecule has 1 atom stereocenters. The summed E-state index contributed by atoms with van der Waals surface area (Å²) in [4.78, 5) is 10.9. The van der Waals surface area contributed by atoms with Crippen LogP contribution in [0.1, 0.15) is 39.4 Å². The zero-order chi connectivity index (χ0) is 12.9. The lowest BCUT2D eigenvalue weighted by molar-refractivity contribution is -0.150. The lowest BCUT2D eigenvalue weighted by Gasteiger charge is -2.27. The lowest BCUT2D eigenvalue weighted by atomic mass is 10.1. The highest BCUT2D eigenvalue weighted by molar-refractivity contribution is 5.65. The van der Waals surface area contributed by atoms with E-state index < -0.39 is 0 Å². The molecule has 0 bridgehead atoms. The molecule has 0 aromatic heterocycles. The van der Waals surface area contributed by atoms with E-state index in [4.69, 9.17) is 9.47 Å². The van der Waals surface area contributed by atoms with Crippen molar-refractivity contribution in [2.45, 2.75) is 39.4 Å². The van der Waals surface area contributed by atoms with E-state index in [1.54, 1.807) is 0 Å². The molecule has 1 rings (SSSR count). The summed E-state index contributed by atoms with van der Waals surface area (Å²) < 4.78 is 10.9. The molecular weight excluding hydrogens is 216 g/mol. The van der Waals surface area contributed by atoms with Gasteiger partial charge in [-0.05, 0) is 26.3 Å². The second-order valence-corrected chi connectivity index (χ2v) is 4.93. The Morgan fingerprint density at radius 2 is 1.82 bits per heavy atom. The summed E-state index contributed by atoms with van der Waals surface area (Å²) in [6.07, 6.45) is -0.222. The van der Waals surface area contributed by atoms with Gasteiger partial charge in [-0.25, -0.2) is 0 Å². The maximum absolute atomic E-state index is 10.9. The van der Waals surface area contributed by atoms with Crippen LogP contribution in [0.5, 0.6) is 0 Å². The topological polar surface area (TPSA) is 35.5 Å². The number of benzene rings is 1. The molecule has 3 heteroatoms. The molecule has 0 fully saturated rings. The van der Waals surface area contributed by atoms with Crippen molar-refractivity contribution in [2.75, 3.05) is 6.61 Å². The van der Waals surface area contributed by atoms with Crippen LogP contribution in [0.25, 0.3) is 0 Å². The Morgan fingerprint density at radius 1 is 1.24 bits per heavy atom. The van der Waals surface area contributed by atoms with Gasteiger partial charge in [0.25, 0.3) is 0 Å².